The standard InChI is InChI=1S/C15H26N2OS/c1-11(2)17-7-5-4-6-14(17)9-15-16-13(10-19-15)8-12(3)18/h10-12,14,18H,4-9H2,1-3H3. The number of piperidine rings is 1. The number of likely N-dealkylation sites (tertiary alicyclic amines) is 1. The Bertz CT molecular complexity index is 389. The van der Waals surface area contributed by atoms with Crippen LogP contribution in [0.3, 0.4) is 0 Å². The van der Waals surface area contributed by atoms with Crippen molar-refractivity contribution in [3.63, 3.8) is 0 Å². The van der Waals surface area contributed by atoms with E-state index in [-0.39, 0.29) is 6.10 Å². The topological polar surface area (TPSA) is 36.4 Å². The van der Waals surface area contributed by atoms with Crippen LogP contribution in [0, 0.1) is 0 Å². The van der Waals surface area contributed by atoms with Gasteiger partial charge in [-0.2, -0.15) is 0 Å². The summed E-state index contributed by atoms with van der Waals surface area (Å²) < 4.78 is 0. The molecule has 0 aromatic carbocycles. The monoisotopic (exact) mass is 282 g/mol. The summed E-state index contributed by atoms with van der Waals surface area (Å²) in [6.07, 6.45) is 5.43. The second kappa shape index (κ2) is 6.82. The summed E-state index contributed by atoms with van der Waals surface area (Å²) in [6, 6.07) is 1.28. The molecule has 1 saturated heterocycles. The Morgan fingerprint density at radius 1 is 1.42 bits per heavy atom. The van der Waals surface area contributed by atoms with E-state index < -0.39 is 0 Å². The Kier molecular flexibility index (Phi) is 5.37. The molecule has 1 aliphatic heterocycles. The predicted octanol–water partition coefficient (Wildman–Crippen LogP) is 2.87. The molecule has 0 amide bonds. The number of aromatic nitrogens is 1. The molecule has 2 rings (SSSR count). The zero-order chi connectivity index (χ0) is 13.8. The maximum atomic E-state index is 9.41. The molecule has 0 bridgehead atoms. The van der Waals surface area contributed by atoms with Crippen LogP contribution < -0.4 is 0 Å². The van der Waals surface area contributed by atoms with E-state index in [9.17, 15) is 5.11 Å². The van der Waals surface area contributed by atoms with E-state index in [0.29, 0.717) is 18.5 Å². The van der Waals surface area contributed by atoms with Gasteiger partial charge >= 0.3 is 0 Å². The molecule has 1 N–H and O–H groups in total. The molecule has 0 saturated carbocycles. The van der Waals surface area contributed by atoms with Crippen LogP contribution in [-0.2, 0) is 12.8 Å². The summed E-state index contributed by atoms with van der Waals surface area (Å²) >= 11 is 1.75. The van der Waals surface area contributed by atoms with Crippen LogP contribution in [0.1, 0.15) is 50.7 Å². The van der Waals surface area contributed by atoms with Gasteiger partial charge in [0.05, 0.1) is 16.8 Å². The molecule has 1 aromatic heterocycles. The van der Waals surface area contributed by atoms with Crippen LogP contribution in [-0.4, -0.2) is 39.7 Å². The largest absolute Gasteiger partial charge is 0.393 e. The van der Waals surface area contributed by atoms with Gasteiger partial charge in [0.25, 0.3) is 0 Å². The molecule has 3 nitrogen and oxygen atoms in total. The minimum absolute atomic E-state index is 0.295. The third kappa shape index (κ3) is 4.26. The average molecular weight is 282 g/mol. The Balaban J connectivity index is 1.96. The van der Waals surface area contributed by atoms with Crippen molar-refractivity contribution in [1.29, 1.82) is 0 Å². The van der Waals surface area contributed by atoms with Crippen LogP contribution in [0.5, 0.6) is 0 Å². The highest BCUT2D eigenvalue weighted by molar-refractivity contribution is 7.09. The molecule has 0 spiro atoms. The lowest BCUT2D eigenvalue weighted by Gasteiger charge is -2.38. The van der Waals surface area contributed by atoms with Gasteiger partial charge in [0.1, 0.15) is 0 Å². The number of hydrogen-bond donors (Lipinski definition) is 1. The molecule has 2 atom stereocenters. The Morgan fingerprint density at radius 2 is 2.21 bits per heavy atom. The summed E-state index contributed by atoms with van der Waals surface area (Å²) in [7, 11) is 0. The van der Waals surface area contributed by atoms with Gasteiger partial charge in [-0.3, -0.25) is 4.90 Å². The van der Waals surface area contributed by atoms with Crippen molar-refractivity contribution >= 4 is 11.3 Å². The number of thiazole rings is 1. The first-order valence-electron chi connectivity index (χ1n) is 7.43. The van der Waals surface area contributed by atoms with Gasteiger partial charge in [0.2, 0.25) is 0 Å². The minimum atomic E-state index is -0.295. The van der Waals surface area contributed by atoms with Gasteiger partial charge in [0.15, 0.2) is 0 Å². The lowest BCUT2D eigenvalue weighted by molar-refractivity contribution is 0.111. The summed E-state index contributed by atoms with van der Waals surface area (Å²) in [5.74, 6) is 0. The van der Waals surface area contributed by atoms with Crippen molar-refractivity contribution in [3.05, 3.63) is 16.1 Å². The smallest absolute Gasteiger partial charge is 0.0943 e. The molecule has 1 fully saturated rings. The fourth-order valence-electron chi connectivity index (χ4n) is 2.96. The molecule has 4 heteroatoms. The van der Waals surface area contributed by atoms with Gasteiger partial charge in [-0.1, -0.05) is 6.42 Å². The summed E-state index contributed by atoms with van der Waals surface area (Å²) in [4.78, 5) is 7.29. The van der Waals surface area contributed by atoms with E-state index in [1.807, 2.05) is 6.92 Å². The third-order valence-electron chi connectivity index (χ3n) is 3.85. The summed E-state index contributed by atoms with van der Waals surface area (Å²) in [5.41, 5.74) is 1.04. The molecule has 1 aromatic rings. The molecule has 2 heterocycles. The second-order valence-corrected chi connectivity index (χ2v) is 6.91. The molecule has 19 heavy (non-hydrogen) atoms. The van der Waals surface area contributed by atoms with Crippen LogP contribution in [0.15, 0.2) is 5.38 Å². The highest BCUT2D eigenvalue weighted by Crippen LogP contribution is 2.24. The Hall–Kier alpha value is -0.450. The molecule has 2 unspecified atom stereocenters. The first-order chi connectivity index (χ1) is 9.06. The van der Waals surface area contributed by atoms with Gasteiger partial charge in [-0.15, -0.1) is 11.3 Å². The molecular weight excluding hydrogens is 256 g/mol. The maximum absolute atomic E-state index is 9.41. The van der Waals surface area contributed by atoms with E-state index >= 15 is 0 Å². The van der Waals surface area contributed by atoms with Gasteiger partial charge in [-0.05, 0) is 40.2 Å². The van der Waals surface area contributed by atoms with Gasteiger partial charge in [-0.25, -0.2) is 4.98 Å². The van der Waals surface area contributed by atoms with E-state index in [4.69, 9.17) is 0 Å². The number of rotatable bonds is 5. The molecule has 108 valence electrons. The van der Waals surface area contributed by atoms with Crippen molar-refractivity contribution in [1.82, 2.24) is 9.88 Å². The van der Waals surface area contributed by atoms with Crippen molar-refractivity contribution < 1.29 is 5.11 Å². The van der Waals surface area contributed by atoms with Crippen LogP contribution in [0.2, 0.25) is 0 Å². The van der Waals surface area contributed by atoms with E-state index in [2.05, 4.69) is 29.1 Å². The van der Waals surface area contributed by atoms with Crippen LogP contribution >= 0.6 is 11.3 Å². The number of aliphatic hydroxyl groups is 1. The van der Waals surface area contributed by atoms with E-state index in [1.165, 1.54) is 30.8 Å². The Morgan fingerprint density at radius 3 is 2.89 bits per heavy atom. The number of nitrogens with zero attached hydrogens (tertiary/aromatic N) is 2. The maximum Gasteiger partial charge on any atom is 0.0943 e. The fraction of sp³-hybridized carbons (Fsp3) is 0.800. The lowest BCUT2D eigenvalue weighted by Crippen LogP contribution is -2.44. The third-order valence-corrected chi connectivity index (χ3v) is 4.77. The zero-order valence-corrected chi connectivity index (χ0v) is 13.1. The van der Waals surface area contributed by atoms with Crippen molar-refractivity contribution in [2.45, 2.75) is 71.1 Å². The second-order valence-electron chi connectivity index (χ2n) is 5.97. The molecular formula is C15H26N2OS. The van der Waals surface area contributed by atoms with Crippen LogP contribution in [0.4, 0.5) is 0 Å². The highest BCUT2D eigenvalue weighted by atomic mass is 32.1. The molecule has 0 aliphatic carbocycles. The fourth-order valence-corrected chi connectivity index (χ4v) is 3.84. The molecule has 1 aliphatic rings. The number of aliphatic hydroxyl groups excluding tert-OH is 1. The number of hydrogen-bond acceptors (Lipinski definition) is 4. The average Bonchev–Trinajstić information content (AvgIpc) is 2.76. The van der Waals surface area contributed by atoms with Crippen molar-refractivity contribution in [2.75, 3.05) is 6.54 Å². The lowest BCUT2D eigenvalue weighted by atomic mass is 9.98. The van der Waals surface area contributed by atoms with E-state index in [0.717, 1.165) is 12.1 Å². The normalized spacial score (nSPS) is 22.9. The summed E-state index contributed by atoms with van der Waals surface area (Å²) in [5, 5.41) is 12.7. The quantitative estimate of drug-likeness (QED) is 0.902. The van der Waals surface area contributed by atoms with Gasteiger partial charge < -0.3 is 5.11 Å². The minimum Gasteiger partial charge on any atom is -0.393 e. The van der Waals surface area contributed by atoms with Gasteiger partial charge in [0, 0.05) is 30.3 Å². The van der Waals surface area contributed by atoms with E-state index in [1.54, 1.807) is 11.3 Å². The van der Waals surface area contributed by atoms with Crippen molar-refractivity contribution in [3.8, 4) is 0 Å². The molecule has 0 radical (unpaired) electrons. The predicted molar refractivity (Wildman–Crippen MR) is 80.7 cm³/mol. The highest BCUT2D eigenvalue weighted by Gasteiger charge is 2.25. The Labute approximate surface area is 120 Å². The summed E-state index contributed by atoms with van der Waals surface area (Å²) in [6.45, 7) is 7.63. The SMILES string of the molecule is CC(O)Cc1csc(CC2CCCCN2C(C)C)n1. The first kappa shape index (κ1) is 14.9. The first-order valence-corrected chi connectivity index (χ1v) is 8.31. The van der Waals surface area contributed by atoms with Crippen molar-refractivity contribution in [2.24, 2.45) is 0 Å². The zero-order valence-electron chi connectivity index (χ0n) is 12.3. The van der Waals surface area contributed by atoms with Crippen LogP contribution in [0.25, 0.3) is 0 Å².